The zero-order valence-corrected chi connectivity index (χ0v) is 18.9. The zero-order valence-electron chi connectivity index (χ0n) is 16.6. The van der Waals surface area contributed by atoms with Gasteiger partial charge in [-0.25, -0.2) is 9.67 Å². The summed E-state index contributed by atoms with van der Waals surface area (Å²) in [4.78, 5) is 9.11. The average Bonchev–Trinajstić information content (AvgIpc) is 3.07. The van der Waals surface area contributed by atoms with Gasteiger partial charge in [-0.2, -0.15) is 5.10 Å². The Hall–Kier alpha value is -1.88. The molecule has 3 N–H and O–H groups in total. The smallest absolute Gasteiger partial charge is 0.191 e. The number of rotatable bonds is 6. The predicted octanol–water partition coefficient (Wildman–Crippen LogP) is 2.34. The van der Waals surface area contributed by atoms with Crippen LogP contribution in [0.3, 0.4) is 0 Å². The third-order valence-electron chi connectivity index (χ3n) is 4.56. The molecule has 0 spiro atoms. The van der Waals surface area contributed by atoms with E-state index in [0.717, 1.165) is 48.9 Å². The molecule has 2 unspecified atom stereocenters. The maximum atomic E-state index is 10.4. The van der Waals surface area contributed by atoms with E-state index in [-0.39, 0.29) is 36.6 Å². The van der Waals surface area contributed by atoms with Crippen LogP contribution in [0.4, 0.5) is 0 Å². The molecule has 1 aliphatic heterocycles. The van der Waals surface area contributed by atoms with Crippen molar-refractivity contribution in [2.75, 3.05) is 20.2 Å². The zero-order chi connectivity index (χ0) is 19.2. The van der Waals surface area contributed by atoms with E-state index in [1.807, 2.05) is 42.8 Å². The Bertz CT molecular complexity index is 777. The van der Waals surface area contributed by atoms with E-state index < -0.39 is 6.10 Å². The number of methoxy groups -OCH3 is 1. The SMILES string of the molecule is CCNC(=NCC(O)c1ccc(OC)cc1)NC1CCCn2nc(C)nc21.I. The lowest BCUT2D eigenvalue weighted by molar-refractivity contribution is 0.187. The average molecular weight is 500 g/mol. The number of hydrogen-bond acceptors (Lipinski definition) is 5. The van der Waals surface area contributed by atoms with Gasteiger partial charge in [0.1, 0.15) is 17.4 Å². The summed E-state index contributed by atoms with van der Waals surface area (Å²) < 4.78 is 7.12. The van der Waals surface area contributed by atoms with Crippen LogP contribution >= 0.6 is 24.0 Å². The van der Waals surface area contributed by atoms with Crippen molar-refractivity contribution in [1.82, 2.24) is 25.4 Å². The summed E-state index contributed by atoms with van der Waals surface area (Å²) in [6.07, 6.45) is 1.34. The van der Waals surface area contributed by atoms with Crippen molar-refractivity contribution < 1.29 is 9.84 Å². The Morgan fingerprint density at radius 1 is 1.39 bits per heavy atom. The number of fused-ring (bicyclic) bond motifs is 1. The summed E-state index contributed by atoms with van der Waals surface area (Å²) in [7, 11) is 1.62. The third kappa shape index (κ3) is 5.57. The van der Waals surface area contributed by atoms with Crippen molar-refractivity contribution in [3.8, 4) is 5.75 Å². The van der Waals surface area contributed by atoms with Crippen LogP contribution in [0.5, 0.6) is 5.75 Å². The summed E-state index contributed by atoms with van der Waals surface area (Å²) in [6, 6.07) is 7.44. The van der Waals surface area contributed by atoms with Gasteiger partial charge in [0.15, 0.2) is 5.96 Å². The second-order valence-electron chi connectivity index (χ2n) is 6.59. The second kappa shape index (κ2) is 10.6. The molecule has 8 nitrogen and oxygen atoms in total. The van der Waals surface area contributed by atoms with Gasteiger partial charge in [-0.1, -0.05) is 12.1 Å². The molecule has 2 heterocycles. The first-order valence-electron chi connectivity index (χ1n) is 9.39. The molecular weight excluding hydrogens is 471 g/mol. The van der Waals surface area contributed by atoms with Gasteiger partial charge in [-0.05, 0) is 44.4 Å². The van der Waals surface area contributed by atoms with Gasteiger partial charge in [0, 0.05) is 13.1 Å². The predicted molar refractivity (Wildman–Crippen MR) is 119 cm³/mol. The molecule has 3 rings (SSSR count). The Balaban J connectivity index is 0.00000280. The van der Waals surface area contributed by atoms with Crippen LogP contribution in [0, 0.1) is 6.92 Å². The van der Waals surface area contributed by atoms with Crippen molar-refractivity contribution in [3.63, 3.8) is 0 Å². The maximum absolute atomic E-state index is 10.4. The summed E-state index contributed by atoms with van der Waals surface area (Å²) in [5.41, 5.74) is 0.809. The molecule has 0 bridgehead atoms. The summed E-state index contributed by atoms with van der Waals surface area (Å²) in [6.45, 7) is 5.83. The Kier molecular flexibility index (Phi) is 8.49. The summed E-state index contributed by atoms with van der Waals surface area (Å²) >= 11 is 0. The number of ether oxygens (including phenoxy) is 1. The van der Waals surface area contributed by atoms with Crippen LogP contribution in [-0.2, 0) is 6.54 Å². The number of aromatic nitrogens is 3. The number of halogens is 1. The molecule has 154 valence electrons. The molecule has 1 aliphatic rings. The number of nitrogens with one attached hydrogen (secondary N) is 2. The van der Waals surface area contributed by atoms with Crippen molar-refractivity contribution in [2.24, 2.45) is 4.99 Å². The first kappa shape index (κ1) is 22.4. The number of nitrogens with zero attached hydrogens (tertiary/aromatic N) is 4. The van der Waals surface area contributed by atoms with E-state index in [4.69, 9.17) is 4.74 Å². The van der Waals surface area contributed by atoms with E-state index in [9.17, 15) is 5.11 Å². The first-order chi connectivity index (χ1) is 13.1. The highest BCUT2D eigenvalue weighted by atomic mass is 127. The highest BCUT2D eigenvalue weighted by Crippen LogP contribution is 2.23. The third-order valence-corrected chi connectivity index (χ3v) is 4.56. The molecule has 2 aromatic rings. The molecule has 1 aromatic heterocycles. The van der Waals surface area contributed by atoms with Gasteiger partial charge in [0.05, 0.1) is 25.8 Å². The lowest BCUT2D eigenvalue weighted by atomic mass is 10.1. The molecule has 0 amide bonds. The number of aliphatic imine (C=N–C) groups is 1. The van der Waals surface area contributed by atoms with Crippen LogP contribution in [-0.4, -0.2) is 46.0 Å². The number of benzene rings is 1. The van der Waals surface area contributed by atoms with E-state index >= 15 is 0 Å². The first-order valence-corrected chi connectivity index (χ1v) is 9.39. The van der Waals surface area contributed by atoms with Gasteiger partial charge in [-0.3, -0.25) is 4.99 Å². The molecule has 0 radical (unpaired) electrons. The fraction of sp³-hybridized carbons (Fsp3) is 0.526. The quantitative estimate of drug-likeness (QED) is 0.320. The Morgan fingerprint density at radius 2 is 2.14 bits per heavy atom. The fourth-order valence-corrected chi connectivity index (χ4v) is 3.20. The summed E-state index contributed by atoms with van der Waals surface area (Å²) in [5, 5.41) is 21.6. The normalized spacial score (nSPS) is 17.3. The second-order valence-corrected chi connectivity index (χ2v) is 6.59. The summed E-state index contributed by atoms with van der Waals surface area (Å²) in [5.74, 6) is 3.17. The lowest BCUT2D eigenvalue weighted by Crippen LogP contribution is -2.41. The van der Waals surface area contributed by atoms with E-state index in [1.165, 1.54) is 0 Å². The van der Waals surface area contributed by atoms with Crippen molar-refractivity contribution in [2.45, 2.75) is 45.4 Å². The minimum Gasteiger partial charge on any atom is -0.497 e. The van der Waals surface area contributed by atoms with Crippen molar-refractivity contribution >= 4 is 29.9 Å². The van der Waals surface area contributed by atoms with E-state index in [2.05, 4.69) is 25.7 Å². The van der Waals surface area contributed by atoms with E-state index in [0.29, 0.717) is 5.96 Å². The number of aryl methyl sites for hydroxylation is 2. The Labute approximate surface area is 182 Å². The molecule has 28 heavy (non-hydrogen) atoms. The lowest BCUT2D eigenvalue weighted by Gasteiger charge is -2.25. The Morgan fingerprint density at radius 3 is 2.82 bits per heavy atom. The van der Waals surface area contributed by atoms with Gasteiger partial charge in [0.25, 0.3) is 0 Å². The molecule has 0 saturated heterocycles. The largest absolute Gasteiger partial charge is 0.497 e. The van der Waals surface area contributed by atoms with Crippen LogP contribution in [0.2, 0.25) is 0 Å². The molecule has 0 saturated carbocycles. The molecule has 2 atom stereocenters. The number of aliphatic hydroxyl groups excluding tert-OH is 1. The fourth-order valence-electron chi connectivity index (χ4n) is 3.20. The molecule has 0 fully saturated rings. The molecule has 1 aromatic carbocycles. The minimum atomic E-state index is -0.677. The molecule has 0 aliphatic carbocycles. The van der Waals surface area contributed by atoms with Gasteiger partial charge < -0.3 is 20.5 Å². The highest BCUT2D eigenvalue weighted by molar-refractivity contribution is 14.0. The number of hydrogen-bond donors (Lipinski definition) is 3. The monoisotopic (exact) mass is 500 g/mol. The number of guanidine groups is 1. The van der Waals surface area contributed by atoms with Crippen LogP contribution in [0.25, 0.3) is 0 Å². The van der Waals surface area contributed by atoms with E-state index in [1.54, 1.807) is 7.11 Å². The van der Waals surface area contributed by atoms with Crippen molar-refractivity contribution in [3.05, 3.63) is 41.5 Å². The van der Waals surface area contributed by atoms with Gasteiger partial charge >= 0.3 is 0 Å². The van der Waals surface area contributed by atoms with Gasteiger partial charge in [0.2, 0.25) is 0 Å². The van der Waals surface area contributed by atoms with Crippen LogP contribution in [0.15, 0.2) is 29.3 Å². The van der Waals surface area contributed by atoms with Crippen LogP contribution < -0.4 is 15.4 Å². The minimum absolute atomic E-state index is 0. The standard InChI is InChI=1S/C19H28N6O2.HI/c1-4-20-19(21-12-17(26)14-7-9-15(27-3)10-8-14)23-16-6-5-11-25-18(16)22-13(2)24-25;/h7-10,16-17,26H,4-6,11-12H2,1-3H3,(H2,20,21,23);1H. The van der Waals surface area contributed by atoms with Crippen LogP contribution in [0.1, 0.15) is 49.1 Å². The highest BCUT2D eigenvalue weighted by Gasteiger charge is 2.24. The maximum Gasteiger partial charge on any atom is 0.191 e. The molecular formula is C19H29IN6O2. The topological polar surface area (TPSA) is 96.6 Å². The number of aliphatic hydroxyl groups is 1. The van der Waals surface area contributed by atoms with Gasteiger partial charge in [-0.15, -0.1) is 24.0 Å². The molecule has 9 heteroatoms. The van der Waals surface area contributed by atoms with Crippen molar-refractivity contribution in [1.29, 1.82) is 0 Å².